The number of carbonyl (C=O) groups excluding carboxylic acids is 4. The van der Waals surface area contributed by atoms with Gasteiger partial charge in [0.15, 0.2) is 12.2 Å². The van der Waals surface area contributed by atoms with Crippen molar-refractivity contribution in [2.45, 2.75) is 387 Å². The molecule has 0 aromatic carbocycles. The van der Waals surface area contributed by atoms with Gasteiger partial charge >= 0.3 is 39.5 Å². The van der Waals surface area contributed by atoms with Crippen molar-refractivity contribution in [3.63, 3.8) is 0 Å². The molecule has 0 aromatic heterocycles. The maximum absolute atomic E-state index is 13.0. The van der Waals surface area contributed by atoms with E-state index >= 15 is 0 Å². The van der Waals surface area contributed by atoms with Gasteiger partial charge in [0, 0.05) is 25.7 Å². The molecule has 0 heterocycles. The minimum absolute atomic E-state index is 0.105. The zero-order chi connectivity index (χ0) is 66.3. The number of phosphoric ester groups is 2. The standard InChI is InChI=1S/C71H138O17P2/c1-6-9-12-15-18-21-22-23-24-25-26-27-30-34-37-42-47-52-57-71(76)88-67(61-82-69(74)55-50-45-41-36-33-31-28-29-32-35-38-43-48-53-64(4)5)63-86-90(79,80)84-59-65(72)58-83-89(77,78)85-62-66(87-70(75)56-51-46-40-20-17-14-11-8-3)60-81-68(73)54-49-44-39-19-16-13-10-7-2/h64-67,72H,6-63H2,1-5H3,(H,77,78)(H,79,80)/t65-,66+,67+/m0/s1. The summed E-state index contributed by atoms with van der Waals surface area (Å²) in [5.41, 5.74) is 0. The summed E-state index contributed by atoms with van der Waals surface area (Å²) in [6.45, 7) is 7.22. The Hall–Kier alpha value is -1.94. The van der Waals surface area contributed by atoms with E-state index in [4.69, 9.17) is 37.0 Å². The zero-order valence-electron chi connectivity index (χ0n) is 58.3. The van der Waals surface area contributed by atoms with E-state index in [1.165, 1.54) is 180 Å². The second-order valence-corrected chi connectivity index (χ2v) is 29.0. The van der Waals surface area contributed by atoms with Crippen LogP contribution in [0, 0.1) is 5.92 Å². The molecule has 0 aliphatic carbocycles. The molecular formula is C71H138O17P2. The summed E-state index contributed by atoms with van der Waals surface area (Å²) >= 11 is 0. The van der Waals surface area contributed by atoms with Crippen molar-refractivity contribution in [3.8, 4) is 0 Å². The molecule has 2 unspecified atom stereocenters. The first-order valence-electron chi connectivity index (χ1n) is 37.1. The van der Waals surface area contributed by atoms with Crippen LogP contribution in [0.15, 0.2) is 0 Å². The van der Waals surface area contributed by atoms with E-state index in [0.29, 0.717) is 25.7 Å². The molecule has 90 heavy (non-hydrogen) atoms. The first kappa shape index (κ1) is 88.1. The number of phosphoric acid groups is 2. The van der Waals surface area contributed by atoms with Gasteiger partial charge in [-0.15, -0.1) is 0 Å². The summed E-state index contributed by atoms with van der Waals surface area (Å²) in [7, 11) is -9.89. The molecule has 0 rings (SSSR count). The lowest BCUT2D eigenvalue weighted by molar-refractivity contribution is -0.161. The van der Waals surface area contributed by atoms with Gasteiger partial charge in [-0.3, -0.25) is 37.3 Å². The predicted octanol–water partition coefficient (Wildman–Crippen LogP) is 20.5. The molecule has 534 valence electrons. The summed E-state index contributed by atoms with van der Waals surface area (Å²) < 4.78 is 68.2. The number of hydrogen-bond acceptors (Lipinski definition) is 15. The van der Waals surface area contributed by atoms with Crippen LogP contribution in [-0.2, 0) is 65.4 Å². The van der Waals surface area contributed by atoms with E-state index in [-0.39, 0.29) is 25.7 Å². The van der Waals surface area contributed by atoms with Gasteiger partial charge in [0.05, 0.1) is 26.4 Å². The van der Waals surface area contributed by atoms with Crippen LogP contribution < -0.4 is 0 Å². The van der Waals surface area contributed by atoms with Gasteiger partial charge in [-0.2, -0.15) is 0 Å². The molecule has 0 saturated heterocycles. The first-order chi connectivity index (χ1) is 43.5. The summed E-state index contributed by atoms with van der Waals surface area (Å²) in [5.74, 6) is -1.33. The third-order valence-corrected chi connectivity index (χ3v) is 18.4. The predicted molar refractivity (Wildman–Crippen MR) is 363 cm³/mol. The zero-order valence-corrected chi connectivity index (χ0v) is 60.1. The van der Waals surface area contributed by atoms with Crippen molar-refractivity contribution < 1.29 is 80.2 Å². The Bertz CT molecular complexity index is 1740. The van der Waals surface area contributed by atoms with Crippen molar-refractivity contribution in [1.29, 1.82) is 0 Å². The SMILES string of the molecule is CCCCCCCCCCCCCCCCCCCCC(=O)O[C@H](COC(=O)CCCCCCCCCCCCCCCC(C)C)COP(=O)(O)OC[C@@H](O)COP(=O)(O)OC[C@@H](COC(=O)CCCCCCCCCC)OC(=O)CCCCCCCCCC. The smallest absolute Gasteiger partial charge is 0.462 e. The lowest BCUT2D eigenvalue weighted by Gasteiger charge is -2.21. The number of esters is 4. The summed E-state index contributed by atoms with van der Waals surface area (Å²) in [4.78, 5) is 72.4. The maximum Gasteiger partial charge on any atom is 0.472 e. The van der Waals surface area contributed by atoms with Gasteiger partial charge in [-0.25, -0.2) is 9.13 Å². The fraction of sp³-hybridized carbons (Fsp3) is 0.944. The van der Waals surface area contributed by atoms with E-state index in [9.17, 15) is 43.2 Å². The molecule has 0 saturated carbocycles. The third-order valence-electron chi connectivity index (χ3n) is 16.5. The van der Waals surface area contributed by atoms with Crippen molar-refractivity contribution in [1.82, 2.24) is 0 Å². The van der Waals surface area contributed by atoms with Crippen molar-refractivity contribution in [3.05, 3.63) is 0 Å². The van der Waals surface area contributed by atoms with Crippen LogP contribution in [0.2, 0.25) is 0 Å². The van der Waals surface area contributed by atoms with E-state index < -0.39 is 97.5 Å². The number of aliphatic hydroxyl groups excluding tert-OH is 1. The Morgan fingerprint density at radius 2 is 0.511 bits per heavy atom. The molecule has 0 aliphatic heterocycles. The molecule has 0 spiro atoms. The number of ether oxygens (including phenoxy) is 4. The fourth-order valence-electron chi connectivity index (χ4n) is 10.8. The Labute approximate surface area is 549 Å². The average molecular weight is 1330 g/mol. The second kappa shape index (κ2) is 64.4. The Balaban J connectivity index is 5.17. The van der Waals surface area contributed by atoms with Gasteiger partial charge in [0.2, 0.25) is 0 Å². The molecule has 0 bridgehead atoms. The van der Waals surface area contributed by atoms with Crippen LogP contribution in [0.25, 0.3) is 0 Å². The van der Waals surface area contributed by atoms with Crippen LogP contribution in [0.1, 0.15) is 369 Å². The van der Waals surface area contributed by atoms with Gasteiger partial charge in [0.25, 0.3) is 0 Å². The molecule has 17 nitrogen and oxygen atoms in total. The molecule has 19 heteroatoms. The fourth-order valence-corrected chi connectivity index (χ4v) is 12.4. The number of carbonyl (C=O) groups is 4. The monoisotopic (exact) mass is 1320 g/mol. The van der Waals surface area contributed by atoms with Crippen molar-refractivity contribution in [2.24, 2.45) is 5.92 Å². The third kappa shape index (κ3) is 64.8. The Morgan fingerprint density at radius 3 is 0.756 bits per heavy atom. The highest BCUT2D eigenvalue weighted by atomic mass is 31.2. The largest absolute Gasteiger partial charge is 0.472 e. The van der Waals surface area contributed by atoms with Gasteiger partial charge in [-0.1, -0.05) is 317 Å². The molecule has 5 atom stereocenters. The topological polar surface area (TPSA) is 237 Å². The van der Waals surface area contributed by atoms with Crippen LogP contribution in [0.3, 0.4) is 0 Å². The van der Waals surface area contributed by atoms with Gasteiger partial charge < -0.3 is 33.8 Å². The summed E-state index contributed by atoms with van der Waals surface area (Å²) in [6, 6.07) is 0. The second-order valence-electron chi connectivity index (χ2n) is 26.1. The van der Waals surface area contributed by atoms with Crippen LogP contribution in [-0.4, -0.2) is 96.7 Å². The number of aliphatic hydroxyl groups is 1. The highest BCUT2D eigenvalue weighted by Gasteiger charge is 2.30. The normalized spacial score (nSPS) is 14.1. The number of hydrogen-bond donors (Lipinski definition) is 3. The Kier molecular flexibility index (Phi) is 63.0. The van der Waals surface area contributed by atoms with Crippen molar-refractivity contribution >= 4 is 39.5 Å². The minimum Gasteiger partial charge on any atom is -0.462 e. The van der Waals surface area contributed by atoms with E-state index in [0.717, 1.165) is 109 Å². The quantitative estimate of drug-likeness (QED) is 0.0222. The van der Waals surface area contributed by atoms with E-state index in [1.807, 2.05) is 0 Å². The molecule has 3 N–H and O–H groups in total. The van der Waals surface area contributed by atoms with Gasteiger partial charge in [-0.05, 0) is 31.6 Å². The maximum atomic E-state index is 13.0. The lowest BCUT2D eigenvalue weighted by Crippen LogP contribution is -2.30. The molecular weight excluding hydrogens is 1190 g/mol. The number of rotatable bonds is 71. The minimum atomic E-state index is -4.95. The van der Waals surface area contributed by atoms with Crippen molar-refractivity contribution in [2.75, 3.05) is 39.6 Å². The van der Waals surface area contributed by atoms with Gasteiger partial charge in [0.1, 0.15) is 19.3 Å². The first-order valence-corrected chi connectivity index (χ1v) is 40.1. The molecule has 0 aromatic rings. The average Bonchev–Trinajstić information content (AvgIpc) is 3.72. The van der Waals surface area contributed by atoms with Crippen LogP contribution >= 0.6 is 15.6 Å². The molecule has 0 radical (unpaired) electrons. The lowest BCUT2D eigenvalue weighted by atomic mass is 10.0. The van der Waals surface area contributed by atoms with Crippen LogP contribution in [0.4, 0.5) is 0 Å². The summed E-state index contributed by atoms with van der Waals surface area (Å²) in [6.07, 6.45) is 51.5. The molecule has 0 aliphatic rings. The molecule has 0 amide bonds. The summed E-state index contributed by atoms with van der Waals surface area (Å²) in [5, 5.41) is 10.6. The van der Waals surface area contributed by atoms with Crippen LogP contribution in [0.5, 0.6) is 0 Å². The highest BCUT2D eigenvalue weighted by molar-refractivity contribution is 7.47. The van der Waals surface area contributed by atoms with E-state index in [2.05, 4.69) is 34.6 Å². The van der Waals surface area contributed by atoms with E-state index in [1.54, 1.807) is 0 Å². The Morgan fingerprint density at radius 1 is 0.300 bits per heavy atom. The highest BCUT2D eigenvalue weighted by Crippen LogP contribution is 2.45. The number of unbranched alkanes of at least 4 members (excludes halogenated alkanes) is 43. The molecule has 0 fully saturated rings.